The van der Waals surface area contributed by atoms with E-state index in [0.29, 0.717) is 36.5 Å². The van der Waals surface area contributed by atoms with Crippen LogP contribution >= 0.6 is 0 Å². The van der Waals surface area contributed by atoms with Gasteiger partial charge in [-0.2, -0.15) is 0 Å². The first-order valence-corrected chi connectivity index (χ1v) is 26.4. The van der Waals surface area contributed by atoms with E-state index in [-0.39, 0.29) is 35.4 Å². The van der Waals surface area contributed by atoms with Crippen molar-refractivity contribution >= 4 is 0 Å². The Morgan fingerprint density at radius 2 is 1.31 bits per heavy atom. The van der Waals surface area contributed by atoms with Crippen LogP contribution in [0.15, 0.2) is 11.6 Å². The van der Waals surface area contributed by atoms with Crippen LogP contribution in [0.25, 0.3) is 0 Å². The van der Waals surface area contributed by atoms with Crippen molar-refractivity contribution in [2.45, 2.75) is 227 Å². The molecule has 10 aliphatic rings. The van der Waals surface area contributed by atoms with Gasteiger partial charge in [-0.15, -0.1) is 0 Å². The van der Waals surface area contributed by atoms with E-state index >= 15 is 0 Å². The summed E-state index contributed by atoms with van der Waals surface area (Å²) in [5.74, 6) is 2.28. The number of rotatable bonds is 10. The molecular formula is C50H81NO20. The van der Waals surface area contributed by atoms with Crippen molar-refractivity contribution in [1.82, 2.24) is 5.32 Å². The number of nitrogens with one attached hydrogen (secondary N) is 1. The lowest BCUT2D eigenvalue weighted by Crippen LogP contribution is -2.67. The third-order valence-corrected chi connectivity index (χ3v) is 19.5. The predicted octanol–water partition coefficient (Wildman–Crippen LogP) is -1.75. The fourth-order valence-electron chi connectivity index (χ4n) is 15.3. The number of hydrogen-bond acceptors (Lipinski definition) is 21. The number of allylic oxidation sites excluding steroid dienone is 1. The summed E-state index contributed by atoms with van der Waals surface area (Å²) in [7, 11) is 0. The van der Waals surface area contributed by atoms with Gasteiger partial charge in [-0.05, 0) is 112 Å². The van der Waals surface area contributed by atoms with E-state index < -0.39 is 142 Å². The molecule has 12 N–H and O–H groups in total. The highest BCUT2D eigenvalue weighted by Gasteiger charge is 2.69. The van der Waals surface area contributed by atoms with Gasteiger partial charge in [-0.1, -0.05) is 32.4 Å². The van der Waals surface area contributed by atoms with E-state index in [4.69, 9.17) is 42.6 Å². The maximum Gasteiger partial charge on any atom is 0.187 e. The van der Waals surface area contributed by atoms with Crippen molar-refractivity contribution in [2.75, 3.05) is 26.4 Å². The standard InChI is InChI=1S/C50H81NO20/c1-20-8-13-50(51-16-20)28(17-52)32-30(71-50)15-27-25-7-6-23-14-24(9-11-48(23,4)26(25)10-12-49(27,32)5)66-47-43(70-45-39(61)36(58)33(55)21(2)64-45)40(62)41(31(18-53)67-47)68-46-42(37(59)34(56)22(3)65-46)69-44-38(60)35(57)29(54)19-63-44/h6,20-22,24-47,51-62H,7-19H2,1-5H3/t20-,21+,22+,24+,25-,26+,27+,28+,29-,30+,31-,32+,33+,34+,35+,36-,37-,38-,39-,40+,41-,42-,43-,44+,45+,46+,47-,48+,49+,50-/m1/s1. The monoisotopic (exact) mass is 1020 g/mol. The van der Waals surface area contributed by atoms with Gasteiger partial charge in [0.15, 0.2) is 25.2 Å². The van der Waals surface area contributed by atoms with Crippen molar-refractivity contribution < 1.29 is 98.8 Å². The van der Waals surface area contributed by atoms with Crippen LogP contribution in [0.2, 0.25) is 0 Å². The molecule has 0 unspecified atom stereocenters. The Bertz CT molecular complexity index is 1880. The van der Waals surface area contributed by atoms with E-state index in [0.717, 1.165) is 51.5 Å². The Kier molecular flexibility index (Phi) is 15.3. The Morgan fingerprint density at radius 1 is 0.648 bits per heavy atom. The SMILES string of the molecule is C[C@@H]1CC[C@@]2(NC1)O[C@H]1C[C@H]3[C@@H]4CC=C5C[C@@H](O[C@@H]6O[C@H](CO)[C@@H](O[C@@H]7O[C@@H](C)[C@H](O)[C@@H](O)[C@H]7O[C@@H]7OC[C@@H](O)[C@H](O)[C@H]7O)[C@H](O)[C@H]6O[C@@H]6O[C@@H](C)[C@H](O)[C@@H](O)[C@H]6O)CC[C@]5(C)[C@H]4CC[C@]3(C)[C@H]1[C@@H]2CO. The molecule has 21 heteroatoms. The molecular weight excluding hydrogens is 935 g/mol. The minimum absolute atomic E-state index is 0.0483. The molecule has 21 nitrogen and oxygen atoms in total. The van der Waals surface area contributed by atoms with Gasteiger partial charge in [0.05, 0.1) is 44.2 Å². The van der Waals surface area contributed by atoms with Crippen LogP contribution in [0, 0.1) is 46.3 Å². The van der Waals surface area contributed by atoms with E-state index in [1.807, 2.05) is 0 Å². The van der Waals surface area contributed by atoms with Crippen molar-refractivity contribution in [2.24, 2.45) is 46.3 Å². The van der Waals surface area contributed by atoms with Crippen molar-refractivity contribution in [3.8, 4) is 0 Å². The van der Waals surface area contributed by atoms with E-state index in [9.17, 15) is 56.2 Å². The molecule has 6 heterocycles. The lowest BCUT2D eigenvalue weighted by Gasteiger charge is -2.59. The van der Waals surface area contributed by atoms with Gasteiger partial charge >= 0.3 is 0 Å². The first-order valence-electron chi connectivity index (χ1n) is 26.4. The summed E-state index contributed by atoms with van der Waals surface area (Å²) >= 11 is 0. The second-order valence-electron chi connectivity index (χ2n) is 23.6. The van der Waals surface area contributed by atoms with Gasteiger partial charge in [-0.3, -0.25) is 5.32 Å². The second kappa shape index (κ2) is 20.4. The van der Waals surface area contributed by atoms with Crippen molar-refractivity contribution in [1.29, 1.82) is 0 Å². The first-order chi connectivity index (χ1) is 33.7. The topological polar surface area (TPSA) is 318 Å². The summed E-state index contributed by atoms with van der Waals surface area (Å²) in [6.45, 7) is 9.90. The minimum atomic E-state index is -1.79. The molecule has 0 radical (unpaired) electrons. The smallest absolute Gasteiger partial charge is 0.187 e. The highest BCUT2D eigenvalue weighted by molar-refractivity contribution is 5.27. The number of fused-ring (bicyclic) bond motifs is 7. The molecule has 30 atom stereocenters. The van der Waals surface area contributed by atoms with Gasteiger partial charge in [0.1, 0.15) is 85.1 Å². The van der Waals surface area contributed by atoms with Crippen LogP contribution < -0.4 is 5.32 Å². The highest BCUT2D eigenvalue weighted by atomic mass is 16.8. The molecule has 6 saturated heterocycles. The average Bonchev–Trinajstić information content (AvgIpc) is 3.82. The molecule has 0 aromatic rings. The second-order valence-corrected chi connectivity index (χ2v) is 23.6. The van der Waals surface area contributed by atoms with Crippen LogP contribution in [-0.2, 0) is 42.6 Å². The molecule has 3 saturated carbocycles. The minimum Gasteiger partial charge on any atom is -0.396 e. The van der Waals surface area contributed by atoms with Gasteiger partial charge in [0.2, 0.25) is 0 Å². The summed E-state index contributed by atoms with van der Waals surface area (Å²) in [5.41, 5.74) is 0.782. The molecule has 0 aromatic carbocycles. The fraction of sp³-hybridized carbons (Fsp3) is 0.960. The van der Waals surface area contributed by atoms with Crippen LogP contribution in [0.5, 0.6) is 0 Å². The normalized spacial score (nSPS) is 57.4. The number of piperidine rings is 1. The molecule has 4 aliphatic carbocycles. The summed E-state index contributed by atoms with van der Waals surface area (Å²) in [6.07, 6.45) is -19.2. The van der Waals surface area contributed by atoms with Crippen molar-refractivity contribution in [3.63, 3.8) is 0 Å². The van der Waals surface area contributed by atoms with E-state index in [2.05, 4.69) is 32.2 Å². The third-order valence-electron chi connectivity index (χ3n) is 19.5. The Balaban J connectivity index is 0.867. The maximum atomic E-state index is 12.3. The summed E-state index contributed by atoms with van der Waals surface area (Å²) < 4.78 is 55.8. The average molecular weight is 1020 g/mol. The number of ether oxygens (including phenoxy) is 9. The van der Waals surface area contributed by atoms with Gasteiger partial charge in [0, 0.05) is 12.5 Å². The molecule has 10 rings (SSSR count). The number of aliphatic hydroxyl groups excluding tert-OH is 11. The third kappa shape index (κ3) is 9.12. The summed E-state index contributed by atoms with van der Waals surface area (Å²) in [6, 6.07) is 0. The predicted molar refractivity (Wildman–Crippen MR) is 243 cm³/mol. The maximum absolute atomic E-state index is 12.3. The lowest BCUT2D eigenvalue weighted by molar-refractivity contribution is -0.397. The summed E-state index contributed by atoms with van der Waals surface area (Å²) in [4.78, 5) is 0. The molecule has 406 valence electrons. The Hall–Kier alpha value is -1.10. The van der Waals surface area contributed by atoms with Crippen LogP contribution in [0.1, 0.15) is 92.4 Å². The molecule has 6 aliphatic heterocycles. The Morgan fingerprint density at radius 3 is 2.01 bits per heavy atom. The van der Waals surface area contributed by atoms with Gasteiger partial charge in [-0.25, -0.2) is 0 Å². The molecule has 0 aromatic heterocycles. The zero-order valence-electron chi connectivity index (χ0n) is 41.5. The lowest BCUT2D eigenvalue weighted by atomic mass is 9.46. The zero-order valence-corrected chi connectivity index (χ0v) is 41.5. The van der Waals surface area contributed by atoms with E-state index in [1.165, 1.54) is 19.4 Å². The largest absolute Gasteiger partial charge is 0.396 e. The fourth-order valence-corrected chi connectivity index (χ4v) is 15.3. The first kappa shape index (κ1) is 53.3. The van der Waals surface area contributed by atoms with E-state index in [1.54, 1.807) is 0 Å². The number of hydrogen-bond donors (Lipinski definition) is 12. The number of aliphatic hydroxyl groups is 11. The van der Waals surface area contributed by atoms with Crippen LogP contribution in [-0.4, -0.2) is 217 Å². The summed E-state index contributed by atoms with van der Waals surface area (Å²) in [5, 5.41) is 123. The van der Waals surface area contributed by atoms with Gasteiger partial charge in [0.25, 0.3) is 0 Å². The van der Waals surface area contributed by atoms with Crippen LogP contribution in [0.4, 0.5) is 0 Å². The van der Waals surface area contributed by atoms with Crippen LogP contribution in [0.3, 0.4) is 0 Å². The molecule has 1 spiro atoms. The van der Waals surface area contributed by atoms with Gasteiger partial charge < -0.3 is 98.8 Å². The molecule has 0 bridgehead atoms. The quantitative estimate of drug-likeness (QED) is 0.108. The molecule has 9 fully saturated rings. The molecule has 0 amide bonds. The van der Waals surface area contributed by atoms with Crippen molar-refractivity contribution in [3.05, 3.63) is 11.6 Å². The molecule has 71 heavy (non-hydrogen) atoms. The highest BCUT2D eigenvalue weighted by Crippen LogP contribution is 2.70. The Labute approximate surface area is 414 Å². The zero-order chi connectivity index (χ0) is 50.6.